The highest BCUT2D eigenvalue weighted by Crippen LogP contribution is 2.47. The van der Waals surface area contributed by atoms with E-state index in [-0.39, 0.29) is 42.3 Å². The van der Waals surface area contributed by atoms with E-state index in [2.05, 4.69) is 29.9 Å². The van der Waals surface area contributed by atoms with Gasteiger partial charge in [0.2, 0.25) is 5.95 Å². The quantitative estimate of drug-likeness (QED) is 0.134. The molecule has 8 N–H and O–H groups in total. The van der Waals surface area contributed by atoms with Crippen molar-refractivity contribution in [1.82, 2.24) is 39.0 Å². The first-order chi connectivity index (χ1) is 20.7. The van der Waals surface area contributed by atoms with Crippen LogP contribution in [0.4, 0.5) is 11.8 Å². The molecule has 0 spiro atoms. The Bertz CT molecular complexity index is 1750. The molecular weight excluding hydrogens is 614 g/mol. The summed E-state index contributed by atoms with van der Waals surface area (Å²) in [6.07, 6.45) is -4.04. The van der Waals surface area contributed by atoms with Crippen LogP contribution in [-0.4, -0.2) is 104 Å². The maximum atomic E-state index is 12.9. The number of nitrogens with two attached hydrogens (primary N) is 2. The van der Waals surface area contributed by atoms with Crippen molar-refractivity contribution in [1.29, 1.82) is 0 Å². The molecule has 3 aliphatic heterocycles. The highest BCUT2D eigenvalue weighted by molar-refractivity contribution is 7.46. The highest BCUT2D eigenvalue weighted by atomic mass is 31.2. The Kier molecular flexibility index (Phi) is 7.37. The van der Waals surface area contributed by atoms with Crippen LogP contribution in [0.1, 0.15) is 12.5 Å². The number of fused-ring (bicyclic) bond motifs is 5. The van der Waals surface area contributed by atoms with E-state index in [1.165, 1.54) is 28.1 Å². The van der Waals surface area contributed by atoms with Crippen molar-refractivity contribution >= 4 is 50.7 Å². The van der Waals surface area contributed by atoms with Gasteiger partial charge in [0, 0.05) is 12.1 Å². The first-order valence-electron chi connectivity index (χ1n) is 12.9. The molecular formula is C21H26N10O10P2. The van der Waals surface area contributed by atoms with Crippen molar-refractivity contribution in [3.63, 3.8) is 0 Å². The number of aliphatic hydroxyl groups excluding tert-OH is 2. The lowest BCUT2D eigenvalue weighted by molar-refractivity contribution is -0.0493. The van der Waals surface area contributed by atoms with Gasteiger partial charge in [0.15, 0.2) is 37.2 Å². The fourth-order valence-electron chi connectivity index (χ4n) is 5.52. The van der Waals surface area contributed by atoms with Gasteiger partial charge in [-0.3, -0.25) is 23.5 Å². The zero-order valence-corrected chi connectivity index (χ0v) is 23.8. The number of ether oxygens (including phenoxy) is 2. The Balaban J connectivity index is 1.16. The first-order valence-corrected chi connectivity index (χ1v) is 15.6. The predicted molar refractivity (Wildman–Crippen MR) is 145 cm³/mol. The van der Waals surface area contributed by atoms with Gasteiger partial charge in [-0.2, -0.15) is 4.98 Å². The molecule has 0 aliphatic carbocycles. The number of anilines is 2. The van der Waals surface area contributed by atoms with Gasteiger partial charge >= 0.3 is 8.25 Å². The Morgan fingerprint density at radius 1 is 0.977 bits per heavy atom. The van der Waals surface area contributed by atoms with Crippen molar-refractivity contribution in [2.24, 2.45) is 5.92 Å². The molecule has 0 radical (unpaired) electrons. The maximum absolute atomic E-state index is 12.9. The molecule has 0 saturated carbocycles. The third kappa shape index (κ3) is 4.98. The SMILES string of the molecule is Nc1nc2c(ncn2[C@@H]2O[C@@H]3CO[PH](=O)O[C@H]4[C@@H](O)[C@H](n5cnc6c(N)ncnc65)O[C@@H]4COP(O)C[C@@H]2[C@@H]3O)c(=O)[nH]1. The summed E-state index contributed by atoms with van der Waals surface area (Å²) >= 11 is 0. The fraction of sp³-hybridized carbons (Fsp3) is 0.524. The van der Waals surface area contributed by atoms with Crippen LogP contribution in [0.2, 0.25) is 0 Å². The van der Waals surface area contributed by atoms with Gasteiger partial charge in [0.05, 0.1) is 32.0 Å². The number of hydrogen-bond donors (Lipinski definition) is 6. The fourth-order valence-corrected chi connectivity index (χ4v) is 7.58. The van der Waals surface area contributed by atoms with Gasteiger partial charge in [-0.15, -0.1) is 0 Å². The van der Waals surface area contributed by atoms with Gasteiger partial charge < -0.3 is 49.6 Å². The standard InChI is InChI=1S/C21H26N10O10P2/c22-15-10-16(25-4-24-15)30(5-26-10)20-13(33)14-9(40-20)2-37-42(35)3-7-12(32)8(1-38-43(36)41-14)39-19(7)31-6-27-11-17(31)28-21(23)29-18(11)34/h4-9,12-14,19-20,32-33,35,43H,1-3H2,(H2,22,24,25)(H3,23,28,29,34)/t7-,8-,9-,12+,13-,14-,19-,20-,42?/m1/s1. The smallest absolute Gasteiger partial charge is 0.319 e. The van der Waals surface area contributed by atoms with Gasteiger partial charge in [-0.05, 0) is 0 Å². The number of aliphatic hydroxyl groups is 2. The number of nitrogens with one attached hydrogen (secondary N) is 1. The van der Waals surface area contributed by atoms with Crippen LogP contribution >= 0.6 is 16.6 Å². The van der Waals surface area contributed by atoms with Crippen molar-refractivity contribution in [2.75, 3.05) is 30.8 Å². The summed E-state index contributed by atoms with van der Waals surface area (Å²) in [5.74, 6) is -0.810. The lowest BCUT2D eigenvalue weighted by atomic mass is 10.0. The lowest BCUT2D eigenvalue weighted by Gasteiger charge is -2.25. The number of aromatic nitrogens is 8. The summed E-state index contributed by atoms with van der Waals surface area (Å²) in [6, 6.07) is 0. The Hall–Kier alpha value is -3.16. The molecule has 4 aromatic heterocycles. The third-order valence-electron chi connectivity index (χ3n) is 7.55. The summed E-state index contributed by atoms with van der Waals surface area (Å²) in [6.45, 7) is -0.641. The molecule has 230 valence electrons. The summed E-state index contributed by atoms with van der Waals surface area (Å²) in [7, 11) is -5.50. The van der Waals surface area contributed by atoms with Crippen molar-refractivity contribution < 1.29 is 42.7 Å². The van der Waals surface area contributed by atoms with Crippen LogP contribution in [0, 0.1) is 5.92 Å². The van der Waals surface area contributed by atoms with E-state index in [1.54, 1.807) is 0 Å². The molecule has 10 atom stereocenters. The van der Waals surface area contributed by atoms with Crippen LogP contribution in [-0.2, 0) is 27.6 Å². The van der Waals surface area contributed by atoms with Crippen LogP contribution in [0.25, 0.3) is 22.3 Å². The van der Waals surface area contributed by atoms with E-state index in [1.807, 2.05) is 0 Å². The van der Waals surface area contributed by atoms with Crippen LogP contribution in [0.3, 0.4) is 0 Å². The van der Waals surface area contributed by atoms with Crippen molar-refractivity contribution in [2.45, 2.75) is 43.0 Å². The normalized spacial score (nSPS) is 35.4. The predicted octanol–water partition coefficient (Wildman–Crippen LogP) is -1.62. The van der Waals surface area contributed by atoms with E-state index >= 15 is 0 Å². The summed E-state index contributed by atoms with van der Waals surface area (Å²) < 4.78 is 44.7. The number of nitrogen functional groups attached to an aromatic ring is 2. The second-order valence-electron chi connectivity index (χ2n) is 10.1. The molecule has 0 amide bonds. The molecule has 20 nitrogen and oxygen atoms in total. The summed E-state index contributed by atoms with van der Waals surface area (Å²) in [5.41, 5.74) is 11.7. The molecule has 43 heavy (non-hydrogen) atoms. The van der Waals surface area contributed by atoms with Crippen molar-refractivity contribution in [3.8, 4) is 0 Å². The molecule has 7 rings (SSSR count). The minimum atomic E-state index is -3.29. The number of imidazole rings is 2. The molecule has 3 fully saturated rings. The Morgan fingerprint density at radius 2 is 1.72 bits per heavy atom. The zero-order valence-electron chi connectivity index (χ0n) is 21.9. The second kappa shape index (κ2) is 11.1. The molecule has 22 heteroatoms. The van der Waals surface area contributed by atoms with E-state index in [4.69, 9.17) is 34.5 Å². The van der Waals surface area contributed by atoms with Crippen molar-refractivity contribution in [3.05, 3.63) is 29.3 Å². The molecule has 3 aliphatic rings. The Labute approximate surface area is 241 Å². The topological polar surface area (TPSA) is 283 Å². The minimum Gasteiger partial charge on any atom is -0.390 e. The van der Waals surface area contributed by atoms with Gasteiger partial charge in [0.1, 0.15) is 42.5 Å². The molecule has 7 heterocycles. The van der Waals surface area contributed by atoms with Crippen LogP contribution in [0.15, 0.2) is 23.8 Å². The number of rotatable bonds is 2. The van der Waals surface area contributed by atoms with E-state index < -0.39 is 71.1 Å². The summed E-state index contributed by atoms with van der Waals surface area (Å²) in [5, 5.41) is 22.3. The second-order valence-corrected chi connectivity index (χ2v) is 12.5. The lowest BCUT2D eigenvalue weighted by Crippen LogP contribution is -2.35. The largest absolute Gasteiger partial charge is 0.390 e. The average Bonchev–Trinajstić information content (AvgIpc) is 3.72. The molecule has 4 aromatic rings. The van der Waals surface area contributed by atoms with Gasteiger partial charge in [0.25, 0.3) is 5.56 Å². The molecule has 0 aromatic carbocycles. The van der Waals surface area contributed by atoms with E-state index in [0.29, 0.717) is 11.2 Å². The highest BCUT2D eigenvalue weighted by Gasteiger charge is 2.50. The first kappa shape index (κ1) is 28.6. The molecule has 3 saturated heterocycles. The number of hydrogen-bond acceptors (Lipinski definition) is 17. The van der Waals surface area contributed by atoms with Crippen LogP contribution < -0.4 is 17.0 Å². The third-order valence-corrected chi connectivity index (χ3v) is 9.60. The summed E-state index contributed by atoms with van der Waals surface area (Å²) in [4.78, 5) is 46.1. The van der Waals surface area contributed by atoms with Crippen LogP contribution in [0.5, 0.6) is 0 Å². The van der Waals surface area contributed by atoms with Gasteiger partial charge in [-0.25, -0.2) is 19.9 Å². The molecule has 2 unspecified atom stereocenters. The average molecular weight is 640 g/mol. The van der Waals surface area contributed by atoms with Gasteiger partial charge in [-0.1, -0.05) is 0 Å². The minimum absolute atomic E-state index is 0.00142. The number of aromatic amines is 1. The number of nitrogens with zero attached hydrogens (tertiary/aromatic N) is 7. The monoisotopic (exact) mass is 640 g/mol. The zero-order chi connectivity index (χ0) is 30.0. The number of H-pyrrole nitrogens is 1. The van der Waals surface area contributed by atoms with E-state index in [9.17, 15) is 24.5 Å². The Morgan fingerprint density at radius 3 is 2.53 bits per heavy atom. The molecule has 2 bridgehead atoms. The maximum Gasteiger partial charge on any atom is 0.319 e. The van der Waals surface area contributed by atoms with E-state index in [0.717, 1.165) is 0 Å².